The predicted octanol–water partition coefficient (Wildman–Crippen LogP) is 3.07. The highest BCUT2D eigenvalue weighted by atomic mass is 19.1. The number of anilines is 1. The van der Waals surface area contributed by atoms with E-state index in [2.05, 4.69) is 20.5 Å². The summed E-state index contributed by atoms with van der Waals surface area (Å²) >= 11 is 0. The average Bonchev–Trinajstić information content (AvgIpc) is 3.19. The molecule has 2 atom stereocenters. The van der Waals surface area contributed by atoms with Gasteiger partial charge in [-0.1, -0.05) is 6.07 Å². The summed E-state index contributed by atoms with van der Waals surface area (Å²) in [4.78, 5) is 16.0. The number of carbonyl (C=O) groups is 1. The first-order valence-electron chi connectivity index (χ1n) is 7.71. The maximum Gasteiger partial charge on any atom is 0.231 e. The van der Waals surface area contributed by atoms with Crippen molar-refractivity contribution in [3.63, 3.8) is 0 Å². The first kappa shape index (κ1) is 15.5. The molecule has 25 heavy (non-hydrogen) atoms. The summed E-state index contributed by atoms with van der Waals surface area (Å²) in [6.45, 7) is 0. The number of methoxy groups -OCH3 is 1. The Kier molecular flexibility index (Phi) is 3.60. The summed E-state index contributed by atoms with van der Waals surface area (Å²) in [5, 5.41) is 10.2. The molecule has 3 aromatic rings. The summed E-state index contributed by atoms with van der Waals surface area (Å²) in [6, 6.07) is 7.90. The molecule has 4 rings (SSSR count). The monoisotopic (exact) mass is 344 g/mol. The minimum atomic E-state index is -1.07. The summed E-state index contributed by atoms with van der Waals surface area (Å²) in [7, 11) is 1.39. The first-order valence-corrected chi connectivity index (χ1v) is 7.71. The quantitative estimate of drug-likeness (QED) is 0.762. The lowest BCUT2D eigenvalue weighted by molar-refractivity contribution is -0.117. The number of ether oxygens (including phenoxy) is 1. The number of aromatic nitrogens is 3. The Hall–Kier alpha value is -3.03. The summed E-state index contributed by atoms with van der Waals surface area (Å²) in [5.74, 6) is -1.07. The fraction of sp³-hybridized carbons (Fsp3) is 0.235. The number of halogens is 2. The maximum absolute atomic E-state index is 13.9. The second-order valence-corrected chi connectivity index (χ2v) is 5.83. The molecule has 1 saturated carbocycles. The third kappa shape index (κ3) is 2.69. The zero-order valence-corrected chi connectivity index (χ0v) is 13.2. The molecule has 1 amide bonds. The Balaban J connectivity index is 1.69. The van der Waals surface area contributed by atoms with Crippen LogP contribution in [0, 0.1) is 11.7 Å². The number of benzene rings is 1. The summed E-state index contributed by atoms with van der Waals surface area (Å²) in [6.07, 6.45) is -0.818. The average molecular weight is 344 g/mol. The van der Waals surface area contributed by atoms with Crippen LogP contribution in [0.3, 0.4) is 0 Å². The largest absolute Gasteiger partial charge is 0.493 e. The highest BCUT2D eigenvalue weighted by molar-refractivity contribution is 5.97. The fourth-order valence-corrected chi connectivity index (χ4v) is 2.74. The van der Waals surface area contributed by atoms with Crippen LogP contribution in [-0.4, -0.2) is 34.4 Å². The molecule has 1 fully saturated rings. The van der Waals surface area contributed by atoms with Crippen molar-refractivity contribution in [1.82, 2.24) is 15.2 Å². The SMILES string of the molecule is COc1c(F)cccc1-c1[nH]nc2nc(NC(=O)C3CC3F)ccc12. The van der Waals surface area contributed by atoms with Crippen LogP contribution < -0.4 is 10.1 Å². The molecule has 1 aromatic carbocycles. The molecule has 2 aromatic heterocycles. The minimum Gasteiger partial charge on any atom is -0.493 e. The maximum atomic E-state index is 13.9. The topological polar surface area (TPSA) is 79.9 Å². The van der Waals surface area contributed by atoms with E-state index in [1.807, 2.05) is 0 Å². The molecule has 0 aliphatic heterocycles. The zero-order valence-electron chi connectivity index (χ0n) is 13.2. The number of aromatic amines is 1. The van der Waals surface area contributed by atoms with Crippen molar-refractivity contribution in [2.45, 2.75) is 12.6 Å². The van der Waals surface area contributed by atoms with Gasteiger partial charge in [0.2, 0.25) is 5.91 Å². The molecule has 0 bridgehead atoms. The first-order chi connectivity index (χ1) is 12.1. The highest BCUT2D eigenvalue weighted by Crippen LogP contribution is 2.36. The van der Waals surface area contributed by atoms with E-state index >= 15 is 0 Å². The minimum absolute atomic E-state index is 0.105. The van der Waals surface area contributed by atoms with Crippen molar-refractivity contribution in [1.29, 1.82) is 0 Å². The molecule has 128 valence electrons. The van der Waals surface area contributed by atoms with Gasteiger partial charge >= 0.3 is 0 Å². The van der Waals surface area contributed by atoms with Crippen LogP contribution in [0.4, 0.5) is 14.6 Å². The third-order valence-electron chi connectivity index (χ3n) is 4.16. The van der Waals surface area contributed by atoms with Crippen LogP contribution >= 0.6 is 0 Å². The van der Waals surface area contributed by atoms with Crippen LogP contribution in [0.15, 0.2) is 30.3 Å². The Morgan fingerprint density at radius 3 is 2.88 bits per heavy atom. The van der Waals surface area contributed by atoms with E-state index in [4.69, 9.17) is 4.74 Å². The van der Waals surface area contributed by atoms with Gasteiger partial charge < -0.3 is 10.1 Å². The number of amides is 1. The van der Waals surface area contributed by atoms with Crippen LogP contribution in [0.5, 0.6) is 5.75 Å². The van der Waals surface area contributed by atoms with Gasteiger partial charge in [0.1, 0.15) is 12.0 Å². The second kappa shape index (κ2) is 5.80. The molecule has 0 saturated heterocycles. The molecule has 0 spiro atoms. The number of nitrogens with zero attached hydrogens (tertiary/aromatic N) is 2. The van der Waals surface area contributed by atoms with E-state index in [0.717, 1.165) is 0 Å². The van der Waals surface area contributed by atoms with Crippen molar-refractivity contribution in [2.24, 2.45) is 5.92 Å². The lowest BCUT2D eigenvalue weighted by atomic mass is 10.1. The number of H-pyrrole nitrogens is 1. The van der Waals surface area contributed by atoms with E-state index < -0.39 is 17.9 Å². The second-order valence-electron chi connectivity index (χ2n) is 5.83. The van der Waals surface area contributed by atoms with Crippen molar-refractivity contribution < 1.29 is 18.3 Å². The van der Waals surface area contributed by atoms with Crippen molar-refractivity contribution >= 4 is 22.8 Å². The molecule has 1 aliphatic rings. The number of hydrogen-bond acceptors (Lipinski definition) is 4. The number of fused-ring (bicyclic) bond motifs is 1. The molecule has 2 N–H and O–H groups in total. The summed E-state index contributed by atoms with van der Waals surface area (Å²) in [5.41, 5.74) is 1.43. The Morgan fingerprint density at radius 2 is 2.16 bits per heavy atom. The van der Waals surface area contributed by atoms with Gasteiger partial charge in [-0.15, -0.1) is 0 Å². The van der Waals surface area contributed by atoms with E-state index in [9.17, 15) is 13.6 Å². The predicted molar refractivity (Wildman–Crippen MR) is 87.5 cm³/mol. The van der Waals surface area contributed by atoms with E-state index in [1.54, 1.807) is 24.3 Å². The lowest BCUT2D eigenvalue weighted by Crippen LogP contribution is -2.15. The molecule has 8 heteroatoms. The van der Waals surface area contributed by atoms with Gasteiger partial charge in [0.15, 0.2) is 17.2 Å². The number of carbonyl (C=O) groups excluding carboxylic acids is 1. The van der Waals surface area contributed by atoms with Crippen LogP contribution in [0.2, 0.25) is 0 Å². The number of nitrogens with one attached hydrogen (secondary N) is 2. The fourth-order valence-electron chi connectivity index (χ4n) is 2.74. The smallest absolute Gasteiger partial charge is 0.231 e. The third-order valence-corrected chi connectivity index (χ3v) is 4.16. The standard InChI is InChI=1S/C17H14F2N4O2/c1-25-15-8(3-2-4-11(15)18)14-9-5-6-13(20-16(9)23-22-14)21-17(24)10-7-12(10)19/h2-6,10,12H,7H2,1H3,(H2,20,21,22,23,24). The van der Waals surface area contributed by atoms with Gasteiger partial charge in [0.05, 0.1) is 18.7 Å². The Morgan fingerprint density at radius 1 is 1.36 bits per heavy atom. The number of rotatable bonds is 4. The van der Waals surface area contributed by atoms with Gasteiger partial charge in [-0.2, -0.15) is 5.10 Å². The van der Waals surface area contributed by atoms with Gasteiger partial charge in [0, 0.05) is 10.9 Å². The molecule has 2 unspecified atom stereocenters. The molecule has 2 heterocycles. The number of pyridine rings is 1. The van der Waals surface area contributed by atoms with Gasteiger partial charge in [-0.05, 0) is 30.7 Å². The van der Waals surface area contributed by atoms with Gasteiger partial charge in [-0.25, -0.2) is 13.8 Å². The molecular formula is C17H14F2N4O2. The molecule has 1 aliphatic carbocycles. The Labute approximate surface area is 141 Å². The number of alkyl halides is 1. The highest BCUT2D eigenvalue weighted by Gasteiger charge is 2.43. The molecular weight excluding hydrogens is 330 g/mol. The molecule has 0 radical (unpaired) electrons. The zero-order chi connectivity index (χ0) is 17.6. The number of hydrogen-bond donors (Lipinski definition) is 2. The Bertz CT molecular complexity index is 972. The van der Waals surface area contributed by atoms with Crippen LogP contribution in [0.25, 0.3) is 22.3 Å². The van der Waals surface area contributed by atoms with Crippen LogP contribution in [0.1, 0.15) is 6.42 Å². The summed E-state index contributed by atoms with van der Waals surface area (Å²) < 4.78 is 32.0. The normalized spacial score (nSPS) is 19.0. The van der Waals surface area contributed by atoms with Crippen molar-refractivity contribution in [2.75, 3.05) is 12.4 Å². The van der Waals surface area contributed by atoms with E-state index in [1.165, 1.54) is 13.2 Å². The number of para-hydroxylation sites is 1. The molecule has 6 nitrogen and oxygen atoms in total. The van der Waals surface area contributed by atoms with E-state index in [0.29, 0.717) is 28.1 Å². The van der Waals surface area contributed by atoms with Crippen LogP contribution in [-0.2, 0) is 4.79 Å². The van der Waals surface area contributed by atoms with Crippen molar-refractivity contribution in [3.05, 3.63) is 36.1 Å². The van der Waals surface area contributed by atoms with Gasteiger partial charge in [0.25, 0.3) is 0 Å². The van der Waals surface area contributed by atoms with Crippen molar-refractivity contribution in [3.8, 4) is 17.0 Å². The van der Waals surface area contributed by atoms with E-state index in [-0.39, 0.29) is 18.1 Å². The van der Waals surface area contributed by atoms with Gasteiger partial charge in [-0.3, -0.25) is 9.89 Å². The lowest BCUT2D eigenvalue weighted by Gasteiger charge is -2.08.